The van der Waals surface area contributed by atoms with Crippen LogP contribution in [0.2, 0.25) is 0 Å². The molecule has 0 fully saturated rings. The Labute approximate surface area is 161 Å². The average molecular weight is 399 g/mol. The smallest absolute Gasteiger partial charge is 0.375 e. The summed E-state index contributed by atoms with van der Waals surface area (Å²) in [5, 5.41) is 10.4. The first-order chi connectivity index (χ1) is 13.1. The number of hydrogen-bond donors (Lipinski definition) is 1. The molecule has 0 saturated carbocycles. The van der Waals surface area contributed by atoms with Crippen molar-refractivity contribution in [2.75, 3.05) is 6.26 Å². The van der Waals surface area contributed by atoms with E-state index in [4.69, 9.17) is 9.47 Å². The van der Waals surface area contributed by atoms with Crippen molar-refractivity contribution in [3.8, 4) is 5.75 Å². The first-order valence-corrected chi connectivity index (χ1v) is 10.3. The summed E-state index contributed by atoms with van der Waals surface area (Å²) in [7, 11) is -3.32. The van der Waals surface area contributed by atoms with Crippen LogP contribution in [0.25, 0.3) is 16.6 Å². The first kappa shape index (κ1) is 18.2. The molecule has 28 heavy (non-hydrogen) atoms. The minimum atomic E-state index is -3.32. The molecule has 0 aliphatic carbocycles. The minimum absolute atomic E-state index is 0.0592. The lowest BCUT2D eigenvalue weighted by atomic mass is 9.92. The standard InChI is InChI=1S/C19H17N3O5S/c1-19(2)16(11-4-7-13(8-5-11)28(3,24)25)17(18(23)27-19)26-12-6-9-14-15(10-12)21-22-20-14/h4-10H,1-3H3,(H,20,21,22). The van der Waals surface area contributed by atoms with Crippen molar-refractivity contribution in [3.05, 3.63) is 53.8 Å². The second kappa shape index (κ2) is 6.16. The number of nitrogens with zero attached hydrogens (tertiary/aromatic N) is 2. The highest BCUT2D eigenvalue weighted by Crippen LogP contribution is 2.40. The molecule has 0 atom stereocenters. The molecule has 0 amide bonds. The van der Waals surface area contributed by atoms with Crippen molar-refractivity contribution >= 4 is 32.4 Å². The van der Waals surface area contributed by atoms with Crippen molar-refractivity contribution in [3.63, 3.8) is 0 Å². The van der Waals surface area contributed by atoms with Crippen molar-refractivity contribution in [2.45, 2.75) is 24.3 Å². The number of benzene rings is 2. The Hall–Kier alpha value is -3.20. The van der Waals surface area contributed by atoms with Crippen molar-refractivity contribution in [2.24, 2.45) is 0 Å². The van der Waals surface area contributed by atoms with Crippen LogP contribution in [0.1, 0.15) is 19.4 Å². The van der Waals surface area contributed by atoms with Crippen LogP contribution >= 0.6 is 0 Å². The largest absolute Gasteiger partial charge is 0.449 e. The molecule has 0 bridgehead atoms. The van der Waals surface area contributed by atoms with Crippen LogP contribution in [0.5, 0.6) is 5.75 Å². The number of carbonyl (C=O) groups excluding carboxylic acids is 1. The van der Waals surface area contributed by atoms with Crippen LogP contribution in [-0.2, 0) is 19.4 Å². The summed E-state index contributed by atoms with van der Waals surface area (Å²) in [6.07, 6.45) is 1.14. The zero-order valence-corrected chi connectivity index (χ0v) is 16.2. The van der Waals surface area contributed by atoms with E-state index >= 15 is 0 Å². The molecule has 2 heterocycles. The van der Waals surface area contributed by atoms with Crippen molar-refractivity contribution in [1.82, 2.24) is 15.4 Å². The number of aromatic nitrogens is 3. The molecule has 4 rings (SSSR count). The Bertz CT molecular complexity index is 1220. The number of H-pyrrole nitrogens is 1. The van der Waals surface area contributed by atoms with Gasteiger partial charge in [0.1, 0.15) is 16.9 Å². The van der Waals surface area contributed by atoms with Crippen LogP contribution in [0, 0.1) is 0 Å². The maximum absolute atomic E-state index is 12.5. The lowest BCUT2D eigenvalue weighted by Gasteiger charge is -2.21. The van der Waals surface area contributed by atoms with Gasteiger partial charge in [0.2, 0.25) is 5.76 Å². The second-order valence-corrected chi connectivity index (χ2v) is 9.01. The maximum Gasteiger partial charge on any atom is 0.375 e. The summed E-state index contributed by atoms with van der Waals surface area (Å²) in [4.78, 5) is 12.7. The number of ether oxygens (including phenoxy) is 2. The molecular formula is C19H17N3O5S. The van der Waals surface area contributed by atoms with Gasteiger partial charge in [-0.25, -0.2) is 13.2 Å². The van der Waals surface area contributed by atoms with E-state index in [2.05, 4.69) is 15.4 Å². The Morgan fingerprint density at radius 2 is 1.82 bits per heavy atom. The molecule has 9 heteroatoms. The molecule has 0 spiro atoms. The minimum Gasteiger partial charge on any atom is -0.449 e. The average Bonchev–Trinajstić information content (AvgIpc) is 3.16. The quantitative estimate of drug-likeness (QED) is 0.671. The number of carbonyl (C=O) groups is 1. The maximum atomic E-state index is 12.5. The fraction of sp³-hybridized carbons (Fsp3) is 0.211. The highest BCUT2D eigenvalue weighted by molar-refractivity contribution is 7.90. The summed E-state index contributed by atoms with van der Waals surface area (Å²) in [5.41, 5.74) is 1.59. The van der Waals surface area contributed by atoms with Gasteiger partial charge in [0, 0.05) is 12.3 Å². The summed E-state index contributed by atoms with van der Waals surface area (Å²) in [6, 6.07) is 11.4. The monoisotopic (exact) mass is 399 g/mol. The van der Waals surface area contributed by atoms with E-state index in [-0.39, 0.29) is 10.7 Å². The van der Waals surface area contributed by atoms with E-state index in [0.29, 0.717) is 27.9 Å². The Morgan fingerprint density at radius 3 is 2.50 bits per heavy atom. The SMILES string of the molecule is CC1(C)OC(=O)C(Oc2ccc3nn[nH]c3c2)=C1c1ccc(S(C)(=O)=O)cc1. The molecule has 8 nitrogen and oxygen atoms in total. The third-order valence-corrected chi connectivity index (χ3v) is 5.58. The number of fused-ring (bicyclic) bond motifs is 1. The van der Waals surface area contributed by atoms with Crippen molar-refractivity contribution < 1.29 is 22.7 Å². The molecule has 3 aromatic rings. The van der Waals surface area contributed by atoms with Gasteiger partial charge in [-0.1, -0.05) is 17.3 Å². The number of nitrogens with one attached hydrogen (secondary N) is 1. The summed E-state index contributed by atoms with van der Waals surface area (Å²) >= 11 is 0. The molecule has 1 N–H and O–H groups in total. The van der Waals surface area contributed by atoms with Crippen LogP contribution in [0.15, 0.2) is 53.1 Å². The lowest BCUT2D eigenvalue weighted by Crippen LogP contribution is -2.22. The topological polar surface area (TPSA) is 111 Å². The zero-order valence-electron chi connectivity index (χ0n) is 15.4. The lowest BCUT2D eigenvalue weighted by molar-refractivity contribution is -0.145. The van der Waals surface area contributed by atoms with Crippen LogP contribution in [-0.4, -0.2) is 41.7 Å². The second-order valence-electron chi connectivity index (χ2n) is 6.99. The first-order valence-electron chi connectivity index (χ1n) is 8.42. The van der Waals surface area contributed by atoms with Crippen LogP contribution < -0.4 is 4.74 Å². The van der Waals surface area contributed by atoms with Gasteiger partial charge in [-0.05, 0) is 43.7 Å². The Morgan fingerprint density at radius 1 is 1.11 bits per heavy atom. The molecule has 1 aliphatic heterocycles. The Kier molecular flexibility index (Phi) is 4.00. The van der Waals surface area contributed by atoms with Gasteiger partial charge in [-0.3, -0.25) is 5.10 Å². The van der Waals surface area contributed by atoms with E-state index in [1.165, 1.54) is 12.1 Å². The van der Waals surface area contributed by atoms with Gasteiger partial charge in [0.25, 0.3) is 0 Å². The predicted octanol–water partition coefficient (Wildman–Crippen LogP) is 2.49. The highest BCUT2D eigenvalue weighted by Gasteiger charge is 2.43. The molecule has 0 radical (unpaired) electrons. The molecule has 1 aliphatic rings. The zero-order chi connectivity index (χ0) is 20.1. The van der Waals surface area contributed by atoms with E-state index in [1.54, 1.807) is 44.2 Å². The van der Waals surface area contributed by atoms with Gasteiger partial charge in [0.15, 0.2) is 9.84 Å². The molecule has 0 saturated heterocycles. The number of cyclic esters (lactones) is 1. The predicted molar refractivity (Wildman–Crippen MR) is 101 cm³/mol. The molecule has 0 unspecified atom stereocenters. The van der Waals surface area contributed by atoms with Gasteiger partial charge in [-0.2, -0.15) is 0 Å². The normalized spacial score (nSPS) is 16.5. The van der Waals surface area contributed by atoms with E-state index < -0.39 is 21.4 Å². The van der Waals surface area contributed by atoms with Gasteiger partial charge in [-0.15, -0.1) is 5.10 Å². The third-order valence-electron chi connectivity index (χ3n) is 4.45. The Balaban J connectivity index is 1.79. The van der Waals surface area contributed by atoms with Crippen LogP contribution in [0.4, 0.5) is 0 Å². The molecule has 2 aromatic carbocycles. The highest BCUT2D eigenvalue weighted by atomic mass is 32.2. The number of sulfone groups is 1. The summed E-state index contributed by atoms with van der Waals surface area (Å²) in [6.45, 7) is 3.51. The molecule has 1 aromatic heterocycles. The van der Waals surface area contributed by atoms with E-state index in [1.807, 2.05) is 0 Å². The third kappa shape index (κ3) is 3.13. The summed E-state index contributed by atoms with van der Waals surface area (Å²) < 4.78 is 34.8. The van der Waals surface area contributed by atoms with Gasteiger partial charge >= 0.3 is 5.97 Å². The fourth-order valence-corrected chi connectivity index (χ4v) is 3.78. The summed E-state index contributed by atoms with van der Waals surface area (Å²) in [5.74, 6) is -0.104. The number of esters is 1. The van der Waals surface area contributed by atoms with Gasteiger partial charge < -0.3 is 9.47 Å². The van der Waals surface area contributed by atoms with E-state index in [0.717, 1.165) is 6.26 Å². The van der Waals surface area contributed by atoms with E-state index in [9.17, 15) is 13.2 Å². The van der Waals surface area contributed by atoms with Crippen LogP contribution in [0.3, 0.4) is 0 Å². The number of rotatable bonds is 4. The van der Waals surface area contributed by atoms with Gasteiger partial charge in [0.05, 0.1) is 16.0 Å². The van der Waals surface area contributed by atoms with Crippen molar-refractivity contribution in [1.29, 1.82) is 0 Å². The molecule has 144 valence electrons. The molecular weight excluding hydrogens is 382 g/mol. The number of hydrogen-bond acceptors (Lipinski definition) is 7. The number of aromatic amines is 1. The fourth-order valence-electron chi connectivity index (χ4n) is 3.15.